The van der Waals surface area contributed by atoms with Crippen LogP contribution in [0.1, 0.15) is 57.8 Å². The van der Waals surface area contributed by atoms with Gasteiger partial charge in [0.1, 0.15) is 0 Å². The monoisotopic (exact) mass is 408 g/mol. The highest BCUT2D eigenvalue weighted by Gasteiger charge is 2.05. The maximum Gasteiger partial charge on any atom is 0.00976 e. The van der Waals surface area contributed by atoms with Gasteiger partial charge in [0.05, 0.1) is 0 Å². The third-order valence-electron chi connectivity index (χ3n) is 3.95. The van der Waals surface area contributed by atoms with E-state index < -0.39 is 0 Å². The molecule has 0 unspecified atom stereocenters. The standard InChI is InChI=1S/3C5H10NS.3FH/c3*7-6-4-2-1-3-5-6;;;/h3*1-5H2;3*1H. The summed E-state index contributed by atoms with van der Waals surface area (Å²) in [5.41, 5.74) is 0. The average molecular weight is 409 g/mol. The van der Waals surface area contributed by atoms with Crippen LogP contribution in [0.5, 0.6) is 0 Å². The van der Waals surface area contributed by atoms with Gasteiger partial charge in [0.2, 0.25) is 0 Å². The van der Waals surface area contributed by atoms with E-state index in [9.17, 15) is 0 Å². The van der Waals surface area contributed by atoms with Gasteiger partial charge in [-0.25, -0.2) is 12.9 Å². The molecule has 0 bridgehead atoms. The molecule has 3 fully saturated rings. The Morgan fingerprint density at radius 2 is 0.500 bits per heavy atom. The smallest absolute Gasteiger partial charge is 0.00976 e. The van der Waals surface area contributed by atoms with Crippen LogP contribution in [-0.2, 0) is 0 Å². The number of rotatable bonds is 0. The highest BCUT2D eigenvalue weighted by Crippen LogP contribution is 2.10. The maximum atomic E-state index is 4.92. The van der Waals surface area contributed by atoms with Crippen molar-refractivity contribution in [3.63, 3.8) is 0 Å². The first-order valence-electron chi connectivity index (χ1n) is 8.45. The summed E-state index contributed by atoms with van der Waals surface area (Å²) in [5, 5.41) is 0. The lowest BCUT2D eigenvalue weighted by Gasteiger charge is -2.18. The number of nitrogens with zero attached hydrogens (tertiary/aromatic N) is 3. The highest BCUT2D eigenvalue weighted by molar-refractivity contribution is 7.78. The SMILES string of the molecule is F.F.F.[S]N1CCCCC1.[S]N1CCCCC1.[S]N1CCCCC1. The van der Waals surface area contributed by atoms with Crippen LogP contribution in [0, 0.1) is 0 Å². The topological polar surface area (TPSA) is 9.72 Å². The van der Waals surface area contributed by atoms with E-state index >= 15 is 0 Å². The van der Waals surface area contributed by atoms with Gasteiger partial charge in [-0.3, -0.25) is 14.1 Å². The maximum absolute atomic E-state index is 4.92. The van der Waals surface area contributed by atoms with Gasteiger partial charge in [0.25, 0.3) is 0 Å². The Labute approximate surface area is 162 Å². The van der Waals surface area contributed by atoms with Crippen molar-refractivity contribution in [1.29, 1.82) is 0 Å². The molecule has 3 rings (SSSR count). The van der Waals surface area contributed by atoms with Crippen molar-refractivity contribution in [2.45, 2.75) is 57.8 Å². The van der Waals surface area contributed by atoms with Crippen LogP contribution in [0.25, 0.3) is 0 Å². The summed E-state index contributed by atoms with van der Waals surface area (Å²) in [5.74, 6) is 0. The fraction of sp³-hybridized carbons (Fsp3) is 1.00. The van der Waals surface area contributed by atoms with Crippen molar-refractivity contribution in [3.8, 4) is 0 Å². The molecule has 3 heterocycles. The molecule has 9 heteroatoms. The molecule has 3 nitrogen and oxygen atoms in total. The molecule has 0 spiro atoms. The van der Waals surface area contributed by atoms with Gasteiger partial charge < -0.3 is 0 Å². The summed E-state index contributed by atoms with van der Waals surface area (Å²) in [6, 6.07) is 0. The molecular formula is C15H33F3N3S3. The second-order valence-electron chi connectivity index (χ2n) is 5.97. The zero-order valence-corrected chi connectivity index (χ0v) is 16.8. The summed E-state index contributed by atoms with van der Waals surface area (Å²) >= 11 is 14.8. The Hall–Kier alpha value is 0.720. The van der Waals surface area contributed by atoms with Gasteiger partial charge in [-0.15, -0.1) is 0 Å². The number of piperidine rings is 3. The average Bonchev–Trinajstić information content (AvgIpc) is 2.51. The minimum Gasteiger partial charge on any atom is -0.269 e. The first-order valence-corrected chi connectivity index (χ1v) is 9.54. The number of hydrogen-bond acceptors (Lipinski definition) is 3. The lowest BCUT2D eigenvalue weighted by Crippen LogP contribution is -2.19. The minimum absolute atomic E-state index is 0. The van der Waals surface area contributed by atoms with Crippen LogP contribution in [-0.4, -0.2) is 52.2 Å². The Kier molecular flexibility index (Phi) is 24.6. The van der Waals surface area contributed by atoms with Crippen molar-refractivity contribution >= 4 is 38.4 Å². The van der Waals surface area contributed by atoms with E-state index in [1.165, 1.54) is 57.8 Å². The molecule has 0 aromatic rings. The van der Waals surface area contributed by atoms with Crippen LogP contribution in [0.2, 0.25) is 0 Å². The normalized spacial score (nSPS) is 22.1. The minimum atomic E-state index is 0. The van der Waals surface area contributed by atoms with E-state index in [1.54, 1.807) is 0 Å². The fourth-order valence-electron chi connectivity index (χ4n) is 2.59. The molecule has 0 aliphatic carbocycles. The molecular weight excluding hydrogens is 375 g/mol. The summed E-state index contributed by atoms with van der Waals surface area (Å²) < 4.78 is 5.93. The quantitative estimate of drug-likeness (QED) is 0.545. The zero-order valence-electron chi connectivity index (χ0n) is 14.4. The molecule has 0 aromatic heterocycles. The molecule has 3 aliphatic heterocycles. The summed E-state index contributed by atoms with van der Waals surface area (Å²) in [6.45, 7) is 6.81. The van der Waals surface area contributed by atoms with Crippen LogP contribution < -0.4 is 0 Å². The van der Waals surface area contributed by atoms with Gasteiger partial charge in [0.15, 0.2) is 0 Å². The van der Waals surface area contributed by atoms with Crippen LogP contribution in [0.3, 0.4) is 0 Å². The van der Waals surface area contributed by atoms with Crippen LogP contribution in [0.15, 0.2) is 0 Å². The van der Waals surface area contributed by atoms with Gasteiger partial charge in [-0.05, 0) is 38.5 Å². The van der Waals surface area contributed by atoms with Crippen molar-refractivity contribution in [2.75, 3.05) is 39.3 Å². The van der Waals surface area contributed by atoms with Crippen molar-refractivity contribution in [2.24, 2.45) is 0 Å². The lowest BCUT2D eigenvalue weighted by molar-refractivity contribution is 0.385. The van der Waals surface area contributed by atoms with Crippen molar-refractivity contribution in [3.05, 3.63) is 0 Å². The molecule has 147 valence electrons. The lowest BCUT2D eigenvalue weighted by atomic mass is 10.2. The predicted octanol–water partition coefficient (Wildman–Crippen LogP) is 5.21. The largest absolute Gasteiger partial charge is 0.269 e. The zero-order chi connectivity index (χ0) is 15.3. The van der Waals surface area contributed by atoms with Gasteiger partial charge >= 0.3 is 0 Å². The highest BCUT2D eigenvalue weighted by atomic mass is 32.1. The predicted molar refractivity (Wildman–Crippen MR) is 107 cm³/mol. The van der Waals surface area contributed by atoms with E-state index in [0.717, 1.165) is 39.3 Å². The molecule has 0 atom stereocenters. The molecule has 0 N–H and O–H groups in total. The van der Waals surface area contributed by atoms with E-state index in [0.29, 0.717) is 0 Å². The first-order chi connectivity index (χ1) is 10.2. The molecule has 3 saturated heterocycles. The fourth-order valence-corrected chi connectivity index (χ4v) is 3.37. The van der Waals surface area contributed by atoms with Crippen LogP contribution in [0.4, 0.5) is 14.1 Å². The van der Waals surface area contributed by atoms with E-state index in [2.05, 4.69) is 0 Å². The Bertz CT molecular complexity index is 201. The third-order valence-corrected chi connectivity index (χ3v) is 5.04. The Morgan fingerprint density at radius 1 is 0.333 bits per heavy atom. The summed E-state index contributed by atoms with van der Waals surface area (Å²) in [4.78, 5) is 0. The molecule has 3 aliphatic rings. The molecule has 0 aromatic carbocycles. The first kappa shape index (κ1) is 29.5. The number of halogens is 3. The van der Waals surface area contributed by atoms with E-state index in [-0.39, 0.29) is 14.1 Å². The molecule has 3 radical (unpaired) electrons. The number of hydrogen-bond donors (Lipinski definition) is 0. The third kappa shape index (κ3) is 17.5. The molecule has 24 heavy (non-hydrogen) atoms. The molecule has 0 amide bonds. The van der Waals surface area contributed by atoms with Crippen LogP contribution >= 0.6 is 38.4 Å². The van der Waals surface area contributed by atoms with E-state index in [1.807, 2.05) is 12.9 Å². The molecule has 0 saturated carbocycles. The second-order valence-corrected chi connectivity index (χ2v) is 7.52. The summed E-state index contributed by atoms with van der Waals surface area (Å²) in [6.07, 6.45) is 12.0. The van der Waals surface area contributed by atoms with Gasteiger partial charge in [0, 0.05) is 77.7 Å². The van der Waals surface area contributed by atoms with Gasteiger partial charge in [-0.2, -0.15) is 0 Å². The Morgan fingerprint density at radius 3 is 0.583 bits per heavy atom. The van der Waals surface area contributed by atoms with Crippen molar-refractivity contribution in [1.82, 2.24) is 12.9 Å². The Balaban J connectivity index is -0.000000259. The van der Waals surface area contributed by atoms with Gasteiger partial charge in [-0.1, -0.05) is 19.3 Å². The summed E-state index contributed by atoms with van der Waals surface area (Å²) in [7, 11) is 0. The van der Waals surface area contributed by atoms with Crippen molar-refractivity contribution < 1.29 is 14.1 Å². The second kappa shape index (κ2) is 20.0. The van der Waals surface area contributed by atoms with E-state index in [4.69, 9.17) is 38.4 Å².